The monoisotopic (exact) mass is 256 g/mol. The molecule has 1 aromatic rings. The molecule has 1 saturated heterocycles. The minimum atomic E-state index is -0.212. The highest BCUT2D eigenvalue weighted by Crippen LogP contribution is 2.42. The molecule has 1 aliphatic heterocycles. The summed E-state index contributed by atoms with van der Waals surface area (Å²) >= 11 is 0. The van der Waals surface area contributed by atoms with Crippen LogP contribution in [0.1, 0.15) is 20.3 Å². The van der Waals surface area contributed by atoms with Gasteiger partial charge in [-0.3, -0.25) is 14.6 Å². The van der Waals surface area contributed by atoms with Gasteiger partial charge in [-0.15, -0.1) is 0 Å². The van der Waals surface area contributed by atoms with Crippen LogP contribution in [0, 0.1) is 17.8 Å². The van der Waals surface area contributed by atoms with E-state index in [9.17, 15) is 9.59 Å². The molecule has 1 aromatic heterocycles. The van der Waals surface area contributed by atoms with E-state index < -0.39 is 0 Å². The molecule has 0 spiro atoms. The van der Waals surface area contributed by atoms with Gasteiger partial charge in [0.15, 0.2) is 0 Å². The second kappa shape index (κ2) is 4.30. The Balaban J connectivity index is 2.00. The Hall–Kier alpha value is -1.97. The second-order valence-corrected chi connectivity index (χ2v) is 5.43. The SMILES string of the molecule is CC1=C[C@H](C)[C@@H]2C(=O)N(c3cccnc3)C(=O)[C@@H]2C1. The van der Waals surface area contributed by atoms with E-state index in [2.05, 4.69) is 11.1 Å². The maximum Gasteiger partial charge on any atom is 0.238 e. The minimum absolute atomic E-state index is 0.0812. The highest BCUT2D eigenvalue weighted by atomic mass is 16.2. The fraction of sp³-hybridized carbons (Fsp3) is 0.400. The van der Waals surface area contributed by atoms with Gasteiger partial charge in [-0.2, -0.15) is 0 Å². The summed E-state index contributed by atoms with van der Waals surface area (Å²) in [6.07, 6.45) is 6.00. The van der Waals surface area contributed by atoms with Gasteiger partial charge in [0.2, 0.25) is 11.8 Å². The molecule has 3 rings (SSSR count). The van der Waals surface area contributed by atoms with Crippen LogP contribution in [0.4, 0.5) is 5.69 Å². The molecule has 4 heteroatoms. The summed E-state index contributed by atoms with van der Waals surface area (Å²) in [5, 5.41) is 0. The molecule has 19 heavy (non-hydrogen) atoms. The summed E-state index contributed by atoms with van der Waals surface area (Å²) in [6, 6.07) is 3.50. The molecule has 3 atom stereocenters. The van der Waals surface area contributed by atoms with E-state index in [4.69, 9.17) is 0 Å². The van der Waals surface area contributed by atoms with Crippen molar-refractivity contribution in [3.8, 4) is 0 Å². The van der Waals surface area contributed by atoms with Gasteiger partial charge < -0.3 is 0 Å². The Labute approximate surface area is 112 Å². The molecule has 2 heterocycles. The van der Waals surface area contributed by atoms with Crippen molar-refractivity contribution >= 4 is 17.5 Å². The summed E-state index contributed by atoms with van der Waals surface area (Å²) in [4.78, 5) is 30.3. The van der Waals surface area contributed by atoms with Crippen molar-refractivity contribution in [3.05, 3.63) is 36.2 Å². The van der Waals surface area contributed by atoms with Gasteiger partial charge in [0.05, 0.1) is 23.7 Å². The number of allylic oxidation sites excluding steroid dienone is 2. The van der Waals surface area contributed by atoms with Crippen LogP contribution >= 0.6 is 0 Å². The Bertz CT molecular complexity index is 565. The Kier molecular flexibility index (Phi) is 2.73. The van der Waals surface area contributed by atoms with E-state index in [-0.39, 0.29) is 29.6 Å². The van der Waals surface area contributed by atoms with Crippen LogP contribution in [0.5, 0.6) is 0 Å². The molecule has 2 amide bonds. The third-order valence-corrected chi connectivity index (χ3v) is 4.04. The average molecular weight is 256 g/mol. The fourth-order valence-corrected chi connectivity index (χ4v) is 3.26. The van der Waals surface area contributed by atoms with E-state index >= 15 is 0 Å². The van der Waals surface area contributed by atoms with E-state index in [0.29, 0.717) is 12.1 Å². The highest BCUT2D eigenvalue weighted by molar-refractivity contribution is 6.22. The Morgan fingerprint density at radius 3 is 2.79 bits per heavy atom. The molecular weight excluding hydrogens is 240 g/mol. The van der Waals surface area contributed by atoms with Gasteiger partial charge in [0.1, 0.15) is 0 Å². The van der Waals surface area contributed by atoms with Gasteiger partial charge in [-0.25, -0.2) is 4.90 Å². The van der Waals surface area contributed by atoms with E-state index in [1.54, 1.807) is 24.5 Å². The van der Waals surface area contributed by atoms with Crippen LogP contribution in [-0.4, -0.2) is 16.8 Å². The first-order valence-electron chi connectivity index (χ1n) is 6.54. The molecule has 0 N–H and O–H groups in total. The van der Waals surface area contributed by atoms with Gasteiger partial charge in [0.25, 0.3) is 0 Å². The molecule has 0 unspecified atom stereocenters. The number of imide groups is 1. The third kappa shape index (κ3) is 1.79. The number of carbonyl (C=O) groups is 2. The lowest BCUT2D eigenvalue weighted by Crippen LogP contribution is -2.31. The summed E-state index contributed by atoms with van der Waals surface area (Å²) in [5.74, 6) is -0.456. The lowest BCUT2D eigenvalue weighted by molar-refractivity contribution is -0.122. The Morgan fingerprint density at radius 1 is 1.32 bits per heavy atom. The molecular formula is C15H16N2O2. The smallest absolute Gasteiger partial charge is 0.238 e. The van der Waals surface area contributed by atoms with E-state index in [1.165, 1.54) is 10.5 Å². The third-order valence-electron chi connectivity index (χ3n) is 4.04. The summed E-state index contributed by atoms with van der Waals surface area (Å²) in [7, 11) is 0. The van der Waals surface area contributed by atoms with Crippen LogP contribution in [0.25, 0.3) is 0 Å². The summed E-state index contributed by atoms with van der Waals surface area (Å²) in [6.45, 7) is 4.04. The molecule has 2 aliphatic rings. The largest absolute Gasteiger partial charge is 0.274 e. The van der Waals surface area contributed by atoms with Gasteiger partial charge in [0, 0.05) is 6.20 Å². The Morgan fingerprint density at radius 2 is 2.11 bits per heavy atom. The molecule has 0 aromatic carbocycles. The van der Waals surface area contributed by atoms with Crippen molar-refractivity contribution in [2.45, 2.75) is 20.3 Å². The van der Waals surface area contributed by atoms with Crippen molar-refractivity contribution in [3.63, 3.8) is 0 Å². The molecule has 0 bridgehead atoms. The zero-order chi connectivity index (χ0) is 13.6. The number of amides is 2. The second-order valence-electron chi connectivity index (χ2n) is 5.43. The van der Waals surface area contributed by atoms with Crippen LogP contribution in [0.2, 0.25) is 0 Å². The number of nitrogens with zero attached hydrogens (tertiary/aromatic N) is 2. The predicted octanol–water partition coefficient (Wildman–Crippen LogP) is 2.17. The molecule has 0 saturated carbocycles. The van der Waals surface area contributed by atoms with Crippen LogP contribution in [0.15, 0.2) is 36.2 Å². The fourth-order valence-electron chi connectivity index (χ4n) is 3.26. The predicted molar refractivity (Wildman–Crippen MR) is 71.2 cm³/mol. The van der Waals surface area contributed by atoms with Gasteiger partial charge in [-0.05, 0) is 31.4 Å². The number of pyridine rings is 1. The minimum Gasteiger partial charge on any atom is -0.274 e. The van der Waals surface area contributed by atoms with Crippen molar-refractivity contribution in [1.82, 2.24) is 4.98 Å². The van der Waals surface area contributed by atoms with Crippen LogP contribution < -0.4 is 4.90 Å². The first kappa shape index (κ1) is 12.1. The zero-order valence-corrected chi connectivity index (χ0v) is 11.0. The number of fused-ring (bicyclic) bond motifs is 1. The molecule has 1 aliphatic carbocycles. The topological polar surface area (TPSA) is 50.3 Å². The summed E-state index contributed by atoms with van der Waals surface area (Å²) < 4.78 is 0. The van der Waals surface area contributed by atoms with Crippen LogP contribution in [0.3, 0.4) is 0 Å². The van der Waals surface area contributed by atoms with Crippen molar-refractivity contribution in [2.24, 2.45) is 17.8 Å². The first-order chi connectivity index (χ1) is 9.09. The van der Waals surface area contributed by atoms with Crippen molar-refractivity contribution in [1.29, 1.82) is 0 Å². The number of aromatic nitrogens is 1. The first-order valence-corrected chi connectivity index (χ1v) is 6.54. The van der Waals surface area contributed by atoms with Gasteiger partial charge >= 0.3 is 0 Å². The quantitative estimate of drug-likeness (QED) is 0.571. The maximum atomic E-state index is 12.5. The van der Waals surface area contributed by atoms with Crippen molar-refractivity contribution < 1.29 is 9.59 Å². The molecule has 4 nitrogen and oxygen atoms in total. The standard InChI is InChI=1S/C15H16N2O2/c1-9-6-10(2)13-12(7-9)14(18)17(15(13)19)11-4-3-5-16-8-11/h3-6,8,10,12-13H,7H2,1-2H3/t10-,12+,13-/m0/s1. The number of hydrogen-bond donors (Lipinski definition) is 0. The number of hydrogen-bond acceptors (Lipinski definition) is 3. The lowest BCUT2D eigenvalue weighted by Gasteiger charge is -2.25. The van der Waals surface area contributed by atoms with E-state index in [0.717, 1.165) is 0 Å². The zero-order valence-electron chi connectivity index (χ0n) is 11.0. The average Bonchev–Trinajstić information content (AvgIpc) is 2.62. The molecule has 98 valence electrons. The lowest BCUT2D eigenvalue weighted by atomic mass is 9.76. The normalized spacial score (nSPS) is 30.3. The number of anilines is 1. The van der Waals surface area contributed by atoms with E-state index in [1.807, 2.05) is 13.8 Å². The summed E-state index contributed by atoms with van der Waals surface area (Å²) in [5.41, 5.74) is 1.78. The van der Waals surface area contributed by atoms with Crippen molar-refractivity contribution in [2.75, 3.05) is 4.90 Å². The number of carbonyl (C=O) groups excluding carboxylic acids is 2. The number of rotatable bonds is 1. The van der Waals surface area contributed by atoms with Gasteiger partial charge in [-0.1, -0.05) is 18.6 Å². The molecule has 1 fully saturated rings. The molecule has 0 radical (unpaired) electrons. The van der Waals surface area contributed by atoms with Crippen LogP contribution in [-0.2, 0) is 9.59 Å². The highest BCUT2D eigenvalue weighted by Gasteiger charge is 2.51. The maximum absolute atomic E-state index is 12.5.